The summed E-state index contributed by atoms with van der Waals surface area (Å²) in [5.74, 6) is 0.178. The molecule has 0 amide bonds. The Kier molecular flexibility index (Phi) is 5.59. The van der Waals surface area contributed by atoms with Gasteiger partial charge in [0.05, 0.1) is 0 Å². The molecule has 0 fully saturated rings. The topological polar surface area (TPSA) is 35.5 Å². The summed E-state index contributed by atoms with van der Waals surface area (Å²) in [6, 6.07) is 9.03. The van der Waals surface area contributed by atoms with Gasteiger partial charge in [0.25, 0.3) is 0 Å². The molecule has 18 heavy (non-hydrogen) atoms. The van der Waals surface area contributed by atoms with Crippen LogP contribution in [0.1, 0.15) is 26.7 Å². The fourth-order valence-corrected chi connectivity index (χ4v) is 1.52. The van der Waals surface area contributed by atoms with Crippen LogP contribution in [0, 0.1) is 0 Å². The predicted octanol–water partition coefficient (Wildman–Crippen LogP) is 3.35. The molecule has 0 aliphatic heterocycles. The van der Waals surface area contributed by atoms with Gasteiger partial charge in [-0.15, -0.1) is 0 Å². The third kappa shape index (κ3) is 4.00. The molecule has 0 aliphatic rings. The number of hydrogen-bond donors (Lipinski definition) is 0. The molecule has 1 unspecified atom stereocenters. The third-order valence-corrected chi connectivity index (χ3v) is 2.86. The van der Waals surface area contributed by atoms with E-state index in [1.807, 2.05) is 37.3 Å². The van der Waals surface area contributed by atoms with Gasteiger partial charge < -0.3 is 9.47 Å². The molecule has 0 heterocycles. The zero-order valence-corrected chi connectivity index (χ0v) is 11.2. The van der Waals surface area contributed by atoms with Crippen molar-refractivity contribution in [2.45, 2.75) is 32.3 Å². The molecule has 3 heteroatoms. The molecule has 0 bridgehead atoms. The Bertz CT molecular complexity index is 397. The minimum atomic E-state index is -0.907. The van der Waals surface area contributed by atoms with Crippen molar-refractivity contribution in [3.8, 4) is 5.75 Å². The minimum Gasteiger partial charge on any atom is -0.424 e. The largest absolute Gasteiger partial charge is 0.424 e. The summed E-state index contributed by atoms with van der Waals surface area (Å²) in [6.45, 7) is 3.70. The van der Waals surface area contributed by atoms with Gasteiger partial charge in [0.2, 0.25) is 0 Å². The van der Waals surface area contributed by atoms with E-state index >= 15 is 0 Å². The van der Waals surface area contributed by atoms with Gasteiger partial charge >= 0.3 is 5.97 Å². The van der Waals surface area contributed by atoms with Crippen LogP contribution in [0.3, 0.4) is 0 Å². The van der Waals surface area contributed by atoms with E-state index in [4.69, 9.17) is 9.47 Å². The van der Waals surface area contributed by atoms with Gasteiger partial charge in [-0.2, -0.15) is 0 Å². The number of rotatable bonds is 6. The van der Waals surface area contributed by atoms with Crippen LogP contribution in [0.15, 0.2) is 42.5 Å². The van der Waals surface area contributed by atoms with Gasteiger partial charge in [-0.3, -0.25) is 0 Å². The summed E-state index contributed by atoms with van der Waals surface area (Å²) >= 11 is 0. The third-order valence-electron chi connectivity index (χ3n) is 2.86. The monoisotopic (exact) mass is 248 g/mol. The quantitative estimate of drug-likeness (QED) is 0.440. The summed E-state index contributed by atoms with van der Waals surface area (Å²) in [5, 5.41) is 0. The first kappa shape index (κ1) is 14.5. The standard InChI is InChI=1S/C15H20O3/c1-4-5-9-12-15(2,17-3)14(16)18-13-10-7-6-8-11-13/h4-8,10-11H,9,12H2,1-3H3/b5-4+. The van der Waals surface area contributed by atoms with Crippen LogP contribution < -0.4 is 4.74 Å². The van der Waals surface area contributed by atoms with Crippen LogP contribution in [-0.2, 0) is 9.53 Å². The molecule has 0 radical (unpaired) electrons. The van der Waals surface area contributed by atoms with E-state index in [1.165, 1.54) is 7.11 Å². The lowest BCUT2D eigenvalue weighted by molar-refractivity contribution is -0.157. The van der Waals surface area contributed by atoms with E-state index in [0.717, 1.165) is 6.42 Å². The first-order valence-corrected chi connectivity index (χ1v) is 6.06. The molecule has 0 aromatic heterocycles. The fraction of sp³-hybridized carbons (Fsp3) is 0.400. The SMILES string of the molecule is C/C=C/CCC(C)(OC)C(=O)Oc1ccccc1. The van der Waals surface area contributed by atoms with E-state index in [1.54, 1.807) is 19.1 Å². The van der Waals surface area contributed by atoms with E-state index in [-0.39, 0.29) is 5.97 Å². The second-order valence-corrected chi connectivity index (χ2v) is 4.25. The number of hydrogen-bond acceptors (Lipinski definition) is 3. The van der Waals surface area contributed by atoms with Crippen molar-refractivity contribution >= 4 is 5.97 Å². The molecule has 0 spiro atoms. The number of para-hydroxylation sites is 1. The molecule has 1 rings (SSSR count). The van der Waals surface area contributed by atoms with Gasteiger partial charge in [0.15, 0.2) is 5.60 Å². The lowest BCUT2D eigenvalue weighted by Gasteiger charge is -2.25. The van der Waals surface area contributed by atoms with Gasteiger partial charge in [-0.05, 0) is 38.8 Å². The lowest BCUT2D eigenvalue weighted by Crippen LogP contribution is -2.40. The number of allylic oxidation sites excluding steroid dienone is 2. The van der Waals surface area contributed by atoms with Gasteiger partial charge in [0, 0.05) is 7.11 Å². The van der Waals surface area contributed by atoms with Crippen LogP contribution in [-0.4, -0.2) is 18.7 Å². The lowest BCUT2D eigenvalue weighted by atomic mass is 10.00. The van der Waals surface area contributed by atoms with E-state index < -0.39 is 5.60 Å². The van der Waals surface area contributed by atoms with Crippen molar-refractivity contribution in [3.63, 3.8) is 0 Å². The molecule has 98 valence electrons. The Morgan fingerprint density at radius 2 is 2.00 bits per heavy atom. The van der Waals surface area contributed by atoms with Crippen LogP contribution >= 0.6 is 0 Å². The Morgan fingerprint density at radius 1 is 1.33 bits per heavy atom. The van der Waals surface area contributed by atoms with Crippen LogP contribution in [0.2, 0.25) is 0 Å². The highest BCUT2D eigenvalue weighted by molar-refractivity contribution is 5.81. The Labute approximate surface area is 108 Å². The molecule has 3 nitrogen and oxygen atoms in total. The Hall–Kier alpha value is -1.61. The molecule has 1 aromatic carbocycles. The summed E-state index contributed by atoms with van der Waals surface area (Å²) in [7, 11) is 1.53. The number of carbonyl (C=O) groups excluding carboxylic acids is 1. The molecule has 0 aliphatic carbocycles. The summed E-state index contributed by atoms with van der Waals surface area (Å²) < 4.78 is 10.6. The van der Waals surface area contributed by atoms with Gasteiger partial charge in [-0.1, -0.05) is 30.4 Å². The maximum atomic E-state index is 12.1. The van der Waals surface area contributed by atoms with Crippen molar-refractivity contribution in [1.29, 1.82) is 0 Å². The highest BCUT2D eigenvalue weighted by Gasteiger charge is 2.34. The first-order valence-electron chi connectivity index (χ1n) is 6.06. The fourth-order valence-electron chi connectivity index (χ4n) is 1.52. The molecular formula is C15H20O3. The zero-order valence-electron chi connectivity index (χ0n) is 11.2. The van der Waals surface area contributed by atoms with E-state index in [0.29, 0.717) is 12.2 Å². The first-order chi connectivity index (χ1) is 8.62. The van der Waals surface area contributed by atoms with Gasteiger partial charge in [0.1, 0.15) is 5.75 Å². The van der Waals surface area contributed by atoms with Crippen LogP contribution in [0.4, 0.5) is 0 Å². The van der Waals surface area contributed by atoms with E-state index in [2.05, 4.69) is 0 Å². The average Bonchev–Trinajstić information content (AvgIpc) is 2.40. The molecule has 0 N–H and O–H groups in total. The second-order valence-electron chi connectivity index (χ2n) is 4.25. The Morgan fingerprint density at radius 3 is 2.56 bits per heavy atom. The number of benzene rings is 1. The zero-order chi connectivity index (χ0) is 13.4. The molecule has 0 saturated heterocycles. The predicted molar refractivity (Wildman–Crippen MR) is 71.5 cm³/mol. The number of carbonyl (C=O) groups is 1. The highest BCUT2D eigenvalue weighted by atomic mass is 16.6. The van der Waals surface area contributed by atoms with Gasteiger partial charge in [-0.25, -0.2) is 4.79 Å². The van der Waals surface area contributed by atoms with Crippen molar-refractivity contribution in [1.82, 2.24) is 0 Å². The maximum absolute atomic E-state index is 12.1. The van der Waals surface area contributed by atoms with Crippen molar-refractivity contribution in [2.75, 3.05) is 7.11 Å². The van der Waals surface area contributed by atoms with Crippen molar-refractivity contribution in [2.24, 2.45) is 0 Å². The number of ether oxygens (including phenoxy) is 2. The number of methoxy groups -OCH3 is 1. The summed E-state index contributed by atoms with van der Waals surface area (Å²) in [6.07, 6.45) is 5.34. The average molecular weight is 248 g/mol. The minimum absolute atomic E-state index is 0.360. The smallest absolute Gasteiger partial charge is 0.343 e. The summed E-state index contributed by atoms with van der Waals surface area (Å²) in [5.41, 5.74) is -0.907. The molecule has 1 aromatic rings. The summed E-state index contributed by atoms with van der Waals surface area (Å²) in [4.78, 5) is 12.1. The van der Waals surface area contributed by atoms with Crippen molar-refractivity contribution in [3.05, 3.63) is 42.5 Å². The molecule has 1 atom stereocenters. The second kappa shape index (κ2) is 6.97. The van der Waals surface area contributed by atoms with Crippen LogP contribution in [0.25, 0.3) is 0 Å². The maximum Gasteiger partial charge on any atom is 0.343 e. The van der Waals surface area contributed by atoms with Crippen LogP contribution in [0.5, 0.6) is 5.75 Å². The normalized spacial score (nSPS) is 14.4. The highest BCUT2D eigenvalue weighted by Crippen LogP contribution is 2.21. The van der Waals surface area contributed by atoms with E-state index in [9.17, 15) is 4.79 Å². The molecular weight excluding hydrogens is 228 g/mol. The Balaban J connectivity index is 2.66. The van der Waals surface area contributed by atoms with Crippen molar-refractivity contribution < 1.29 is 14.3 Å². The molecule has 0 saturated carbocycles. The number of esters is 1.